The standard InChI is InChI=1S/C15H22N2O4/c1-20-15(6-7-21-10-15)9-17-14(19)13(16)8-11-2-4-12(18)5-3-11/h2-5,13,18H,6-10,16H2,1H3,(H,17,19)/t13-,15?/m0/s1. The Balaban J connectivity index is 1.83. The Labute approximate surface area is 124 Å². The third-order valence-corrected chi connectivity index (χ3v) is 3.81. The number of nitrogens with two attached hydrogens (primary N) is 1. The molecular weight excluding hydrogens is 272 g/mol. The number of hydrogen-bond donors (Lipinski definition) is 3. The van der Waals surface area contributed by atoms with Gasteiger partial charge in [-0.1, -0.05) is 12.1 Å². The van der Waals surface area contributed by atoms with Crippen LogP contribution in [0.3, 0.4) is 0 Å². The Kier molecular flexibility index (Phi) is 5.17. The number of phenols is 1. The van der Waals surface area contributed by atoms with Gasteiger partial charge in [0.15, 0.2) is 0 Å². The summed E-state index contributed by atoms with van der Waals surface area (Å²) in [4.78, 5) is 12.0. The molecular formula is C15H22N2O4. The summed E-state index contributed by atoms with van der Waals surface area (Å²) in [5.74, 6) is -0.0218. The van der Waals surface area contributed by atoms with Crippen molar-refractivity contribution in [2.45, 2.75) is 24.5 Å². The van der Waals surface area contributed by atoms with Crippen molar-refractivity contribution in [3.05, 3.63) is 29.8 Å². The molecule has 1 aromatic carbocycles. The number of benzene rings is 1. The average Bonchev–Trinajstić information content (AvgIpc) is 2.96. The highest BCUT2D eigenvalue weighted by Crippen LogP contribution is 2.21. The Bertz CT molecular complexity index is 469. The average molecular weight is 294 g/mol. The number of phenolic OH excluding ortho intramolecular Hbond substituents is 1. The van der Waals surface area contributed by atoms with E-state index >= 15 is 0 Å². The van der Waals surface area contributed by atoms with E-state index in [9.17, 15) is 9.90 Å². The van der Waals surface area contributed by atoms with E-state index in [4.69, 9.17) is 15.2 Å². The fraction of sp³-hybridized carbons (Fsp3) is 0.533. The van der Waals surface area contributed by atoms with Crippen molar-refractivity contribution in [3.8, 4) is 5.75 Å². The molecule has 1 aromatic rings. The van der Waals surface area contributed by atoms with E-state index in [1.54, 1.807) is 31.4 Å². The van der Waals surface area contributed by atoms with Gasteiger partial charge in [0.05, 0.1) is 12.6 Å². The van der Waals surface area contributed by atoms with E-state index in [-0.39, 0.29) is 11.7 Å². The van der Waals surface area contributed by atoms with E-state index in [1.165, 1.54) is 0 Å². The first-order valence-corrected chi connectivity index (χ1v) is 6.99. The van der Waals surface area contributed by atoms with Crippen LogP contribution in [0.25, 0.3) is 0 Å². The lowest BCUT2D eigenvalue weighted by Gasteiger charge is -2.26. The van der Waals surface area contributed by atoms with E-state index < -0.39 is 11.6 Å². The number of rotatable bonds is 6. The summed E-state index contributed by atoms with van der Waals surface area (Å²) in [7, 11) is 1.62. The molecule has 1 unspecified atom stereocenters. The van der Waals surface area contributed by atoms with Crippen molar-refractivity contribution in [1.29, 1.82) is 0 Å². The molecule has 6 heteroatoms. The second kappa shape index (κ2) is 6.89. The van der Waals surface area contributed by atoms with Crippen LogP contribution in [0.15, 0.2) is 24.3 Å². The van der Waals surface area contributed by atoms with Crippen LogP contribution < -0.4 is 11.1 Å². The van der Waals surface area contributed by atoms with Gasteiger partial charge < -0.3 is 25.6 Å². The van der Waals surface area contributed by atoms with Crippen LogP contribution in [0.5, 0.6) is 5.75 Å². The quantitative estimate of drug-likeness (QED) is 0.696. The lowest BCUT2D eigenvalue weighted by molar-refractivity contribution is -0.124. The summed E-state index contributed by atoms with van der Waals surface area (Å²) >= 11 is 0. The van der Waals surface area contributed by atoms with Crippen molar-refractivity contribution in [3.63, 3.8) is 0 Å². The predicted molar refractivity (Wildman–Crippen MR) is 78.0 cm³/mol. The maximum Gasteiger partial charge on any atom is 0.237 e. The van der Waals surface area contributed by atoms with Crippen LogP contribution in [0.4, 0.5) is 0 Å². The first kappa shape index (κ1) is 15.8. The molecule has 2 rings (SSSR count). The van der Waals surface area contributed by atoms with Gasteiger partial charge >= 0.3 is 0 Å². The van der Waals surface area contributed by atoms with Gasteiger partial charge in [0.1, 0.15) is 11.4 Å². The molecule has 4 N–H and O–H groups in total. The first-order valence-electron chi connectivity index (χ1n) is 6.99. The fourth-order valence-corrected chi connectivity index (χ4v) is 2.32. The monoisotopic (exact) mass is 294 g/mol. The molecule has 0 aromatic heterocycles. The van der Waals surface area contributed by atoms with E-state index in [1.807, 2.05) is 0 Å². The minimum absolute atomic E-state index is 0.194. The van der Waals surface area contributed by atoms with Gasteiger partial charge in [-0.25, -0.2) is 0 Å². The highest BCUT2D eigenvalue weighted by Gasteiger charge is 2.35. The normalized spacial score (nSPS) is 23.0. The predicted octanol–water partition coefficient (Wildman–Crippen LogP) is 0.184. The minimum Gasteiger partial charge on any atom is -0.508 e. The molecule has 1 amide bonds. The van der Waals surface area contributed by atoms with Crippen LogP contribution in [0.2, 0.25) is 0 Å². The molecule has 0 aliphatic carbocycles. The molecule has 21 heavy (non-hydrogen) atoms. The largest absolute Gasteiger partial charge is 0.508 e. The van der Waals surface area contributed by atoms with Gasteiger partial charge in [0, 0.05) is 26.7 Å². The summed E-state index contributed by atoms with van der Waals surface area (Å²) in [6.07, 6.45) is 1.18. The van der Waals surface area contributed by atoms with Gasteiger partial charge in [0.2, 0.25) is 5.91 Å². The van der Waals surface area contributed by atoms with Gasteiger partial charge in [-0.3, -0.25) is 4.79 Å². The topological polar surface area (TPSA) is 93.8 Å². The zero-order chi connectivity index (χ0) is 15.3. The molecule has 2 atom stereocenters. The zero-order valence-electron chi connectivity index (χ0n) is 12.2. The summed E-state index contributed by atoms with van der Waals surface area (Å²) in [5, 5.41) is 12.1. The molecule has 1 aliphatic rings. The lowest BCUT2D eigenvalue weighted by atomic mass is 10.0. The number of carbonyl (C=O) groups is 1. The van der Waals surface area contributed by atoms with Gasteiger partial charge in [-0.15, -0.1) is 0 Å². The molecule has 6 nitrogen and oxygen atoms in total. The molecule has 0 spiro atoms. The van der Waals surface area contributed by atoms with Crippen molar-refractivity contribution in [2.24, 2.45) is 5.73 Å². The van der Waals surface area contributed by atoms with Gasteiger partial charge in [-0.2, -0.15) is 0 Å². The van der Waals surface area contributed by atoms with Gasteiger partial charge in [0.25, 0.3) is 0 Å². The maximum atomic E-state index is 12.0. The highest BCUT2D eigenvalue weighted by atomic mass is 16.5. The van der Waals surface area contributed by atoms with Crippen LogP contribution in [-0.2, 0) is 20.7 Å². The van der Waals surface area contributed by atoms with Crippen molar-refractivity contribution >= 4 is 5.91 Å². The van der Waals surface area contributed by atoms with Crippen molar-refractivity contribution in [2.75, 3.05) is 26.9 Å². The maximum absolute atomic E-state index is 12.0. The summed E-state index contributed by atoms with van der Waals surface area (Å²) in [5.41, 5.74) is 6.38. The number of nitrogens with one attached hydrogen (secondary N) is 1. The molecule has 0 bridgehead atoms. The number of aromatic hydroxyl groups is 1. The Morgan fingerprint density at radius 1 is 1.52 bits per heavy atom. The fourth-order valence-electron chi connectivity index (χ4n) is 2.32. The third kappa shape index (κ3) is 4.17. The van der Waals surface area contributed by atoms with E-state index in [2.05, 4.69) is 5.32 Å². The Morgan fingerprint density at radius 3 is 2.81 bits per heavy atom. The molecule has 1 aliphatic heterocycles. The SMILES string of the molecule is COC1(CNC(=O)[C@@H](N)Cc2ccc(O)cc2)CCOC1. The number of ether oxygens (including phenoxy) is 2. The van der Waals surface area contributed by atoms with Crippen molar-refractivity contribution < 1.29 is 19.4 Å². The number of hydrogen-bond acceptors (Lipinski definition) is 5. The summed E-state index contributed by atoms with van der Waals surface area (Å²) in [6, 6.07) is 6.03. The smallest absolute Gasteiger partial charge is 0.237 e. The van der Waals surface area contributed by atoms with Crippen LogP contribution >= 0.6 is 0 Å². The van der Waals surface area contributed by atoms with Crippen LogP contribution in [-0.4, -0.2) is 49.5 Å². The minimum atomic E-state index is -0.634. The second-order valence-corrected chi connectivity index (χ2v) is 5.38. The molecule has 116 valence electrons. The zero-order valence-corrected chi connectivity index (χ0v) is 12.2. The summed E-state index contributed by atoms with van der Waals surface area (Å²) in [6.45, 7) is 1.52. The van der Waals surface area contributed by atoms with E-state index in [0.29, 0.717) is 26.2 Å². The molecule has 1 heterocycles. The van der Waals surface area contributed by atoms with E-state index in [0.717, 1.165) is 12.0 Å². The molecule has 1 saturated heterocycles. The third-order valence-electron chi connectivity index (χ3n) is 3.81. The molecule has 0 saturated carbocycles. The Hall–Kier alpha value is -1.63. The summed E-state index contributed by atoms with van der Waals surface area (Å²) < 4.78 is 10.8. The highest BCUT2D eigenvalue weighted by molar-refractivity contribution is 5.81. The number of amides is 1. The first-order chi connectivity index (χ1) is 10.0. The Morgan fingerprint density at radius 2 is 2.24 bits per heavy atom. The lowest BCUT2D eigenvalue weighted by Crippen LogP contribution is -2.50. The van der Waals surface area contributed by atoms with Crippen LogP contribution in [0.1, 0.15) is 12.0 Å². The number of carbonyl (C=O) groups excluding carboxylic acids is 1. The molecule has 1 fully saturated rings. The van der Waals surface area contributed by atoms with Gasteiger partial charge in [-0.05, 0) is 24.1 Å². The van der Waals surface area contributed by atoms with Crippen molar-refractivity contribution in [1.82, 2.24) is 5.32 Å². The number of methoxy groups -OCH3 is 1. The second-order valence-electron chi connectivity index (χ2n) is 5.38. The van der Waals surface area contributed by atoms with Crippen LogP contribution in [0, 0.1) is 0 Å². The molecule has 0 radical (unpaired) electrons.